The Kier molecular flexibility index (Phi) is 7.76. The van der Waals surface area contributed by atoms with E-state index in [0.717, 1.165) is 84.9 Å². The van der Waals surface area contributed by atoms with Crippen LogP contribution in [0, 0.1) is 19.8 Å². The van der Waals surface area contributed by atoms with Crippen molar-refractivity contribution in [1.82, 2.24) is 29.2 Å². The van der Waals surface area contributed by atoms with Gasteiger partial charge in [0.25, 0.3) is 5.91 Å². The molecule has 5 aromatic rings. The summed E-state index contributed by atoms with van der Waals surface area (Å²) in [6.45, 7) is 5.22. The molecule has 1 saturated carbocycles. The fourth-order valence-corrected chi connectivity index (χ4v) is 7.10. The van der Waals surface area contributed by atoms with Crippen LogP contribution in [-0.2, 0) is 11.3 Å². The van der Waals surface area contributed by atoms with Crippen molar-refractivity contribution in [1.29, 1.82) is 0 Å². The molecule has 4 heterocycles. The standard InChI is InChI=1S/C34H37ClN6O3/c1-21-28(17-24(35)19-36-21)33(42)37-25-12-10-23(11-13-25)20-39-29-7-3-4-8-30(29)40(34(39)43)26-14-15-27-22(2)38-41(31(27)18-26)32-9-5-6-16-44-32/h3-4,7-8,14-15,17-19,23,25,32H,5-6,9-13,16,20H2,1-2H3,(H,37,42). The van der Waals surface area contributed by atoms with Crippen LogP contribution in [-0.4, -0.2) is 42.5 Å². The first kappa shape index (κ1) is 28.8. The number of hydrogen-bond acceptors (Lipinski definition) is 5. The lowest BCUT2D eigenvalue weighted by Gasteiger charge is -2.29. The number of carbonyl (C=O) groups excluding carboxylic acids is 1. The first-order chi connectivity index (χ1) is 21.4. The van der Waals surface area contributed by atoms with Crippen LogP contribution in [0.4, 0.5) is 0 Å². The summed E-state index contributed by atoms with van der Waals surface area (Å²) in [4.78, 5) is 31.2. The fourth-order valence-electron chi connectivity index (χ4n) is 6.94. The summed E-state index contributed by atoms with van der Waals surface area (Å²) in [6, 6.07) is 15.9. The minimum Gasteiger partial charge on any atom is -0.356 e. The number of pyridine rings is 1. The van der Waals surface area contributed by atoms with Crippen LogP contribution < -0.4 is 11.0 Å². The van der Waals surface area contributed by atoms with Crippen molar-refractivity contribution in [3.63, 3.8) is 0 Å². The van der Waals surface area contributed by atoms with Gasteiger partial charge in [0, 0.05) is 30.8 Å². The molecule has 7 rings (SSSR count). The quantitative estimate of drug-likeness (QED) is 0.236. The number of nitrogens with zero attached hydrogens (tertiary/aromatic N) is 5. The molecule has 0 bridgehead atoms. The van der Waals surface area contributed by atoms with Crippen LogP contribution >= 0.6 is 11.6 Å². The minimum absolute atomic E-state index is 0.0402. The molecule has 0 radical (unpaired) electrons. The van der Waals surface area contributed by atoms with Crippen molar-refractivity contribution in [2.45, 2.75) is 77.6 Å². The maximum absolute atomic E-state index is 14.1. The Hall–Kier alpha value is -3.95. The number of aromatic nitrogens is 5. The van der Waals surface area contributed by atoms with Gasteiger partial charge in [-0.15, -0.1) is 0 Å². The Morgan fingerprint density at radius 2 is 1.77 bits per heavy atom. The number of carbonyl (C=O) groups is 1. The second-order valence-corrected chi connectivity index (χ2v) is 12.7. The van der Waals surface area contributed by atoms with Gasteiger partial charge in [0.2, 0.25) is 0 Å². The van der Waals surface area contributed by atoms with Gasteiger partial charge >= 0.3 is 5.69 Å². The van der Waals surface area contributed by atoms with Crippen molar-refractivity contribution in [2.24, 2.45) is 5.92 Å². The van der Waals surface area contributed by atoms with Crippen LogP contribution in [0.5, 0.6) is 0 Å². The van der Waals surface area contributed by atoms with E-state index in [-0.39, 0.29) is 23.9 Å². The van der Waals surface area contributed by atoms with Crippen molar-refractivity contribution in [3.05, 3.63) is 87.2 Å². The van der Waals surface area contributed by atoms with E-state index in [1.54, 1.807) is 12.3 Å². The SMILES string of the molecule is Cc1ncc(Cl)cc1C(=O)NC1CCC(Cn2c(=O)n(-c3ccc4c(C)nn(C5CCCCO5)c4c3)c3ccccc32)CC1. The molecular formula is C34H37ClN6O3. The molecule has 10 heteroatoms. The number of ether oxygens (including phenoxy) is 1. The molecule has 1 unspecified atom stereocenters. The van der Waals surface area contributed by atoms with E-state index in [0.29, 0.717) is 28.7 Å². The van der Waals surface area contributed by atoms with Gasteiger partial charge in [-0.2, -0.15) is 5.10 Å². The molecule has 1 aliphatic heterocycles. The van der Waals surface area contributed by atoms with Crippen molar-refractivity contribution in [3.8, 4) is 5.69 Å². The highest BCUT2D eigenvalue weighted by Gasteiger charge is 2.26. The summed E-state index contributed by atoms with van der Waals surface area (Å²) in [6.07, 6.45) is 8.17. The van der Waals surface area contributed by atoms with E-state index in [9.17, 15) is 9.59 Å². The molecule has 1 amide bonds. The molecule has 2 aliphatic rings. The molecule has 1 atom stereocenters. The van der Waals surface area contributed by atoms with Gasteiger partial charge in [-0.25, -0.2) is 9.48 Å². The van der Waals surface area contributed by atoms with E-state index in [4.69, 9.17) is 21.4 Å². The topological polar surface area (TPSA) is 96.0 Å². The molecule has 2 fully saturated rings. The van der Waals surface area contributed by atoms with Crippen LogP contribution in [0.25, 0.3) is 27.6 Å². The van der Waals surface area contributed by atoms with E-state index < -0.39 is 0 Å². The number of aryl methyl sites for hydroxylation is 2. The van der Waals surface area contributed by atoms with Crippen LogP contribution in [0.15, 0.2) is 59.5 Å². The summed E-state index contributed by atoms with van der Waals surface area (Å²) in [7, 11) is 0. The smallest absolute Gasteiger partial charge is 0.333 e. The van der Waals surface area contributed by atoms with E-state index in [1.807, 2.05) is 58.0 Å². The molecule has 9 nitrogen and oxygen atoms in total. The van der Waals surface area contributed by atoms with Crippen LogP contribution in [0.1, 0.15) is 72.9 Å². The van der Waals surface area contributed by atoms with Gasteiger partial charge < -0.3 is 10.1 Å². The molecule has 1 aliphatic carbocycles. The van der Waals surface area contributed by atoms with Gasteiger partial charge in [-0.3, -0.25) is 18.9 Å². The van der Waals surface area contributed by atoms with E-state index in [2.05, 4.69) is 22.4 Å². The van der Waals surface area contributed by atoms with Crippen molar-refractivity contribution < 1.29 is 9.53 Å². The number of para-hydroxylation sites is 2. The number of imidazole rings is 1. The largest absolute Gasteiger partial charge is 0.356 e. The second kappa shape index (κ2) is 11.9. The first-order valence-corrected chi connectivity index (χ1v) is 16.0. The van der Waals surface area contributed by atoms with Gasteiger partial charge in [0.1, 0.15) is 0 Å². The van der Waals surface area contributed by atoms with E-state index in [1.165, 1.54) is 0 Å². The molecule has 1 N–H and O–H groups in total. The minimum atomic E-state index is -0.135. The second-order valence-electron chi connectivity index (χ2n) is 12.2. The number of halogens is 1. The third kappa shape index (κ3) is 5.32. The fraction of sp³-hybridized carbons (Fsp3) is 0.412. The highest BCUT2D eigenvalue weighted by molar-refractivity contribution is 6.30. The zero-order valence-corrected chi connectivity index (χ0v) is 25.9. The van der Waals surface area contributed by atoms with Crippen LogP contribution in [0.3, 0.4) is 0 Å². The molecule has 1 saturated heterocycles. The highest BCUT2D eigenvalue weighted by Crippen LogP contribution is 2.31. The Balaban J connectivity index is 1.13. The number of benzene rings is 2. The Labute approximate surface area is 260 Å². The Bertz CT molecular complexity index is 1910. The zero-order valence-electron chi connectivity index (χ0n) is 25.1. The van der Waals surface area contributed by atoms with Crippen LogP contribution in [0.2, 0.25) is 5.02 Å². The molecule has 0 spiro atoms. The third-order valence-electron chi connectivity index (χ3n) is 9.32. The summed E-state index contributed by atoms with van der Waals surface area (Å²) >= 11 is 6.08. The summed E-state index contributed by atoms with van der Waals surface area (Å²) in [5, 5.41) is 9.53. The third-order valence-corrected chi connectivity index (χ3v) is 9.53. The first-order valence-electron chi connectivity index (χ1n) is 15.6. The lowest BCUT2D eigenvalue weighted by molar-refractivity contribution is -0.0368. The lowest BCUT2D eigenvalue weighted by atomic mass is 9.85. The monoisotopic (exact) mass is 612 g/mol. The number of fused-ring (bicyclic) bond motifs is 2. The lowest BCUT2D eigenvalue weighted by Crippen LogP contribution is -2.39. The summed E-state index contributed by atoms with van der Waals surface area (Å²) in [5.41, 5.74) is 5.73. The maximum atomic E-state index is 14.1. The van der Waals surface area contributed by atoms with Crippen molar-refractivity contribution in [2.75, 3.05) is 6.61 Å². The van der Waals surface area contributed by atoms with Gasteiger partial charge in [-0.1, -0.05) is 23.7 Å². The molecule has 3 aromatic heterocycles. The average Bonchev–Trinajstić information content (AvgIpc) is 3.52. The average molecular weight is 613 g/mol. The van der Waals surface area contributed by atoms with Gasteiger partial charge in [-0.05, 0) is 101 Å². The van der Waals surface area contributed by atoms with Gasteiger partial charge in [0.15, 0.2) is 6.23 Å². The van der Waals surface area contributed by atoms with Gasteiger partial charge in [0.05, 0.1) is 44.2 Å². The number of amides is 1. The highest BCUT2D eigenvalue weighted by atomic mass is 35.5. The molecular weight excluding hydrogens is 576 g/mol. The summed E-state index contributed by atoms with van der Waals surface area (Å²) in [5.74, 6) is 0.202. The Morgan fingerprint density at radius 3 is 2.55 bits per heavy atom. The number of rotatable bonds is 6. The predicted molar refractivity (Wildman–Crippen MR) is 172 cm³/mol. The Morgan fingerprint density at radius 1 is 0.977 bits per heavy atom. The predicted octanol–water partition coefficient (Wildman–Crippen LogP) is 6.50. The number of nitrogens with one attached hydrogen (secondary N) is 1. The summed E-state index contributed by atoms with van der Waals surface area (Å²) < 4.78 is 11.8. The molecule has 2 aromatic carbocycles. The maximum Gasteiger partial charge on any atom is 0.333 e. The van der Waals surface area contributed by atoms with E-state index >= 15 is 0 Å². The zero-order chi connectivity index (χ0) is 30.4. The number of hydrogen-bond donors (Lipinski definition) is 1. The normalized spacial score (nSPS) is 20.8. The molecule has 228 valence electrons. The molecule has 44 heavy (non-hydrogen) atoms. The van der Waals surface area contributed by atoms with Crippen molar-refractivity contribution >= 4 is 39.4 Å².